The van der Waals surface area contributed by atoms with Crippen molar-refractivity contribution in [3.8, 4) is 0 Å². The SMILES string of the molecule is Cc1ccc(C(O)=C2C(=O)C(=O)N(C)C2c2ccccc2[N+](=O)[O-])cc1. The molecular weight excluding hydrogens is 336 g/mol. The third-order valence-electron chi connectivity index (χ3n) is 4.43. The smallest absolute Gasteiger partial charge is 0.295 e. The molecule has 2 aromatic carbocycles. The lowest BCUT2D eigenvalue weighted by molar-refractivity contribution is -0.385. The largest absolute Gasteiger partial charge is 0.507 e. The number of aliphatic hydroxyl groups is 1. The summed E-state index contributed by atoms with van der Waals surface area (Å²) in [6.45, 7) is 1.88. The molecule has 132 valence electrons. The average molecular weight is 352 g/mol. The lowest BCUT2D eigenvalue weighted by atomic mass is 9.94. The fourth-order valence-electron chi connectivity index (χ4n) is 3.06. The molecule has 1 amide bonds. The van der Waals surface area contributed by atoms with Gasteiger partial charge in [0.05, 0.1) is 22.1 Å². The second kappa shape index (κ2) is 6.44. The highest BCUT2D eigenvalue weighted by molar-refractivity contribution is 6.46. The minimum atomic E-state index is -1.03. The van der Waals surface area contributed by atoms with Crippen LogP contribution in [0.3, 0.4) is 0 Å². The third-order valence-corrected chi connectivity index (χ3v) is 4.43. The first-order chi connectivity index (χ1) is 12.3. The average Bonchev–Trinajstić information content (AvgIpc) is 2.85. The molecular formula is C19H16N2O5. The highest BCUT2D eigenvalue weighted by Crippen LogP contribution is 2.41. The molecule has 26 heavy (non-hydrogen) atoms. The van der Waals surface area contributed by atoms with Crippen LogP contribution in [-0.2, 0) is 9.59 Å². The molecule has 1 aliphatic rings. The number of nitro benzene ring substituents is 1. The number of para-hydroxylation sites is 1. The number of likely N-dealkylation sites (tertiary alicyclic amines) is 1. The van der Waals surface area contributed by atoms with Crippen LogP contribution in [0.2, 0.25) is 0 Å². The molecule has 2 aromatic rings. The van der Waals surface area contributed by atoms with Gasteiger partial charge in [-0.2, -0.15) is 0 Å². The monoisotopic (exact) mass is 352 g/mol. The number of aryl methyl sites for hydroxylation is 1. The number of amides is 1. The van der Waals surface area contributed by atoms with Gasteiger partial charge >= 0.3 is 0 Å². The summed E-state index contributed by atoms with van der Waals surface area (Å²) in [6, 6.07) is 11.6. The third kappa shape index (κ3) is 2.73. The molecule has 0 spiro atoms. The number of aliphatic hydroxyl groups excluding tert-OH is 1. The maximum absolute atomic E-state index is 12.5. The zero-order valence-corrected chi connectivity index (χ0v) is 14.2. The van der Waals surface area contributed by atoms with Crippen molar-refractivity contribution in [3.05, 3.63) is 80.9 Å². The molecule has 0 radical (unpaired) electrons. The fraction of sp³-hybridized carbons (Fsp3) is 0.158. The van der Waals surface area contributed by atoms with E-state index in [0.29, 0.717) is 5.56 Å². The van der Waals surface area contributed by atoms with Crippen LogP contribution in [0.15, 0.2) is 54.1 Å². The van der Waals surface area contributed by atoms with E-state index < -0.39 is 22.7 Å². The maximum Gasteiger partial charge on any atom is 0.295 e. The Morgan fingerprint density at radius 2 is 1.73 bits per heavy atom. The van der Waals surface area contributed by atoms with Crippen molar-refractivity contribution >= 4 is 23.1 Å². The van der Waals surface area contributed by atoms with Gasteiger partial charge in [-0.15, -0.1) is 0 Å². The summed E-state index contributed by atoms with van der Waals surface area (Å²) in [6.07, 6.45) is 0. The van der Waals surface area contributed by atoms with Crippen LogP contribution in [0.1, 0.15) is 22.7 Å². The van der Waals surface area contributed by atoms with Crippen molar-refractivity contribution < 1.29 is 19.6 Å². The van der Waals surface area contributed by atoms with Gasteiger partial charge in [0.1, 0.15) is 5.76 Å². The Labute approximate surface area is 149 Å². The standard InChI is InChI=1S/C19H16N2O5/c1-11-7-9-12(10-8-11)17(22)15-16(20(2)19(24)18(15)23)13-5-3-4-6-14(13)21(25)26/h3-10,16,22H,1-2H3. The van der Waals surface area contributed by atoms with Crippen molar-refractivity contribution in [1.82, 2.24) is 4.90 Å². The molecule has 1 saturated heterocycles. The highest BCUT2D eigenvalue weighted by Gasteiger charge is 2.46. The lowest BCUT2D eigenvalue weighted by Crippen LogP contribution is -2.25. The van der Waals surface area contributed by atoms with E-state index in [-0.39, 0.29) is 22.6 Å². The van der Waals surface area contributed by atoms with E-state index in [1.807, 2.05) is 6.92 Å². The van der Waals surface area contributed by atoms with Gasteiger partial charge in [-0.05, 0) is 13.0 Å². The molecule has 0 saturated carbocycles. The maximum atomic E-state index is 12.5. The van der Waals surface area contributed by atoms with E-state index in [4.69, 9.17) is 0 Å². The molecule has 1 aliphatic heterocycles. The zero-order chi connectivity index (χ0) is 19.0. The Balaban J connectivity index is 2.24. The predicted molar refractivity (Wildman–Crippen MR) is 94.3 cm³/mol. The number of benzene rings is 2. The Kier molecular flexibility index (Phi) is 4.29. The number of carbonyl (C=O) groups is 2. The minimum Gasteiger partial charge on any atom is -0.507 e. The molecule has 3 rings (SSSR count). The predicted octanol–water partition coefficient (Wildman–Crippen LogP) is 2.95. The van der Waals surface area contributed by atoms with Crippen LogP contribution in [-0.4, -0.2) is 33.7 Å². The normalized spacial score (nSPS) is 19.0. The van der Waals surface area contributed by atoms with Gasteiger partial charge in [0.25, 0.3) is 17.4 Å². The number of likely N-dealkylation sites (N-methyl/N-ethyl adjacent to an activating group) is 1. The summed E-state index contributed by atoms with van der Waals surface area (Å²) in [4.78, 5) is 36.6. The van der Waals surface area contributed by atoms with Gasteiger partial charge in [-0.25, -0.2) is 0 Å². The van der Waals surface area contributed by atoms with Gasteiger partial charge in [-0.3, -0.25) is 19.7 Å². The van der Waals surface area contributed by atoms with Crippen LogP contribution < -0.4 is 0 Å². The molecule has 7 nitrogen and oxygen atoms in total. The zero-order valence-electron chi connectivity index (χ0n) is 14.2. The summed E-state index contributed by atoms with van der Waals surface area (Å²) in [5, 5.41) is 22.1. The number of nitrogens with zero attached hydrogens (tertiary/aromatic N) is 2. The quantitative estimate of drug-likeness (QED) is 0.301. The topological polar surface area (TPSA) is 101 Å². The summed E-state index contributed by atoms with van der Waals surface area (Å²) in [5.41, 5.74) is 1.13. The molecule has 1 fully saturated rings. The van der Waals surface area contributed by atoms with E-state index in [1.165, 1.54) is 25.2 Å². The highest BCUT2D eigenvalue weighted by atomic mass is 16.6. The van der Waals surface area contributed by atoms with Crippen LogP contribution in [0, 0.1) is 17.0 Å². The fourth-order valence-corrected chi connectivity index (χ4v) is 3.06. The number of hydrogen-bond donors (Lipinski definition) is 1. The first-order valence-electron chi connectivity index (χ1n) is 7.88. The second-order valence-electron chi connectivity index (χ2n) is 6.09. The Bertz CT molecular complexity index is 947. The van der Waals surface area contributed by atoms with E-state index in [9.17, 15) is 24.8 Å². The first kappa shape index (κ1) is 17.3. The van der Waals surface area contributed by atoms with Crippen molar-refractivity contribution in [3.63, 3.8) is 0 Å². The van der Waals surface area contributed by atoms with E-state index >= 15 is 0 Å². The summed E-state index contributed by atoms with van der Waals surface area (Å²) in [7, 11) is 1.39. The van der Waals surface area contributed by atoms with Crippen LogP contribution >= 0.6 is 0 Å². The molecule has 1 unspecified atom stereocenters. The molecule has 1 heterocycles. The molecule has 7 heteroatoms. The number of hydrogen-bond acceptors (Lipinski definition) is 5. The molecule has 0 aromatic heterocycles. The number of nitro groups is 1. The van der Waals surface area contributed by atoms with Gasteiger partial charge in [0.15, 0.2) is 0 Å². The summed E-state index contributed by atoms with van der Waals surface area (Å²) < 4.78 is 0. The van der Waals surface area contributed by atoms with Gasteiger partial charge in [-0.1, -0.05) is 42.0 Å². The molecule has 0 aliphatic carbocycles. The van der Waals surface area contributed by atoms with Crippen molar-refractivity contribution in [2.24, 2.45) is 0 Å². The van der Waals surface area contributed by atoms with Crippen molar-refractivity contribution in [2.45, 2.75) is 13.0 Å². The molecule has 1 N–H and O–H groups in total. The van der Waals surface area contributed by atoms with E-state index in [1.54, 1.807) is 30.3 Å². The van der Waals surface area contributed by atoms with Crippen molar-refractivity contribution in [2.75, 3.05) is 7.05 Å². The Hall–Kier alpha value is -3.48. The number of Topliss-reactive ketones (excluding diaryl/α,β-unsaturated/α-hetero) is 1. The van der Waals surface area contributed by atoms with E-state index in [2.05, 4.69) is 0 Å². The number of carbonyl (C=O) groups excluding carboxylic acids is 2. The first-order valence-corrected chi connectivity index (χ1v) is 7.88. The van der Waals surface area contributed by atoms with E-state index in [0.717, 1.165) is 10.5 Å². The van der Waals surface area contributed by atoms with Crippen LogP contribution in [0.25, 0.3) is 5.76 Å². The van der Waals surface area contributed by atoms with Gasteiger partial charge < -0.3 is 10.0 Å². The van der Waals surface area contributed by atoms with Crippen LogP contribution in [0.4, 0.5) is 5.69 Å². The summed E-state index contributed by atoms with van der Waals surface area (Å²) >= 11 is 0. The molecule has 0 bridgehead atoms. The number of rotatable bonds is 3. The molecule has 1 atom stereocenters. The Morgan fingerprint density at radius 3 is 2.35 bits per heavy atom. The number of ketones is 1. The van der Waals surface area contributed by atoms with Gasteiger partial charge in [0.2, 0.25) is 0 Å². The van der Waals surface area contributed by atoms with Crippen LogP contribution in [0.5, 0.6) is 0 Å². The lowest BCUT2D eigenvalue weighted by Gasteiger charge is -2.20. The van der Waals surface area contributed by atoms with Gasteiger partial charge in [0, 0.05) is 18.7 Å². The summed E-state index contributed by atoms with van der Waals surface area (Å²) in [5.74, 6) is -2.04. The minimum absolute atomic E-state index is 0.157. The second-order valence-corrected chi connectivity index (χ2v) is 6.09. The Morgan fingerprint density at radius 1 is 1.12 bits per heavy atom. The van der Waals surface area contributed by atoms with Crippen molar-refractivity contribution in [1.29, 1.82) is 0 Å².